The van der Waals surface area contributed by atoms with E-state index in [1.165, 1.54) is 12.8 Å². The fourth-order valence-electron chi connectivity index (χ4n) is 1.73. The van der Waals surface area contributed by atoms with Crippen LogP contribution in [0.2, 0.25) is 0 Å². The Kier molecular flexibility index (Phi) is 4.39. The first kappa shape index (κ1) is 12.0. The second-order valence-electron chi connectivity index (χ2n) is 5.27. The number of hydrogen-bond donors (Lipinski definition) is 2. The molecule has 0 aliphatic heterocycles. The van der Waals surface area contributed by atoms with Crippen LogP contribution in [-0.2, 0) is 0 Å². The summed E-state index contributed by atoms with van der Waals surface area (Å²) in [6.45, 7) is 8.95. The van der Waals surface area contributed by atoms with Crippen molar-refractivity contribution in [1.29, 1.82) is 0 Å². The van der Waals surface area contributed by atoms with Gasteiger partial charge in [-0.05, 0) is 37.6 Å². The molecular formula is C12H25NO. The van der Waals surface area contributed by atoms with E-state index in [0.717, 1.165) is 31.3 Å². The first-order valence-corrected chi connectivity index (χ1v) is 5.93. The molecule has 2 nitrogen and oxygen atoms in total. The van der Waals surface area contributed by atoms with E-state index in [1.54, 1.807) is 0 Å². The van der Waals surface area contributed by atoms with E-state index in [4.69, 9.17) is 0 Å². The van der Waals surface area contributed by atoms with E-state index >= 15 is 0 Å². The van der Waals surface area contributed by atoms with Crippen molar-refractivity contribution in [3.05, 3.63) is 0 Å². The van der Waals surface area contributed by atoms with Crippen LogP contribution in [0, 0.1) is 17.3 Å². The zero-order valence-electron chi connectivity index (χ0n) is 9.84. The van der Waals surface area contributed by atoms with Gasteiger partial charge in [-0.25, -0.2) is 0 Å². The molecule has 0 saturated heterocycles. The minimum Gasteiger partial charge on any atom is -0.396 e. The van der Waals surface area contributed by atoms with E-state index in [0.29, 0.717) is 0 Å². The van der Waals surface area contributed by atoms with Crippen molar-refractivity contribution >= 4 is 0 Å². The maximum Gasteiger partial charge on any atom is 0.0496 e. The van der Waals surface area contributed by atoms with Crippen molar-refractivity contribution in [2.75, 3.05) is 19.7 Å². The van der Waals surface area contributed by atoms with Crippen molar-refractivity contribution < 1.29 is 5.11 Å². The molecule has 0 aromatic carbocycles. The van der Waals surface area contributed by atoms with Gasteiger partial charge in [0.05, 0.1) is 0 Å². The molecule has 1 fully saturated rings. The molecule has 84 valence electrons. The van der Waals surface area contributed by atoms with Crippen LogP contribution in [0.3, 0.4) is 0 Å². The van der Waals surface area contributed by atoms with Crippen molar-refractivity contribution in [1.82, 2.24) is 5.32 Å². The molecule has 0 bridgehead atoms. The Bertz CT molecular complexity index is 162. The first-order valence-electron chi connectivity index (χ1n) is 5.93. The Labute approximate surface area is 88.1 Å². The molecule has 0 amide bonds. The molecule has 2 atom stereocenters. The molecule has 0 spiro atoms. The molecule has 1 aliphatic rings. The maximum absolute atomic E-state index is 9.23. The summed E-state index contributed by atoms with van der Waals surface area (Å²) in [7, 11) is 0. The van der Waals surface area contributed by atoms with E-state index in [9.17, 15) is 5.11 Å². The van der Waals surface area contributed by atoms with E-state index < -0.39 is 0 Å². The largest absolute Gasteiger partial charge is 0.396 e. The molecular weight excluding hydrogens is 174 g/mol. The molecule has 1 aliphatic carbocycles. The Hall–Kier alpha value is -0.0800. The fraction of sp³-hybridized carbons (Fsp3) is 1.00. The van der Waals surface area contributed by atoms with Gasteiger partial charge in [0, 0.05) is 18.6 Å². The molecule has 0 aromatic heterocycles. The molecule has 0 heterocycles. The van der Waals surface area contributed by atoms with Crippen LogP contribution in [0.4, 0.5) is 0 Å². The number of nitrogens with one attached hydrogen (secondary N) is 1. The van der Waals surface area contributed by atoms with Crippen molar-refractivity contribution in [2.45, 2.75) is 40.0 Å². The highest BCUT2D eigenvalue weighted by molar-refractivity contribution is 4.81. The fourth-order valence-corrected chi connectivity index (χ4v) is 1.73. The van der Waals surface area contributed by atoms with E-state index in [2.05, 4.69) is 26.1 Å². The molecule has 1 saturated carbocycles. The smallest absolute Gasteiger partial charge is 0.0496 e. The van der Waals surface area contributed by atoms with Crippen LogP contribution >= 0.6 is 0 Å². The van der Waals surface area contributed by atoms with Crippen LogP contribution in [0.15, 0.2) is 0 Å². The lowest BCUT2D eigenvalue weighted by Gasteiger charge is -2.26. The van der Waals surface area contributed by atoms with Crippen molar-refractivity contribution in [3.8, 4) is 0 Å². The predicted molar refractivity (Wildman–Crippen MR) is 60.2 cm³/mol. The topological polar surface area (TPSA) is 32.3 Å². The van der Waals surface area contributed by atoms with Gasteiger partial charge in [-0.3, -0.25) is 0 Å². The lowest BCUT2D eigenvalue weighted by atomic mass is 9.88. The molecule has 2 unspecified atom stereocenters. The Morgan fingerprint density at radius 1 is 1.50 bits per heavy atom. The quantitative estimate of drug-likeness (QED) is 0.657. The van der Waals surface area contributed by atoms with Gasteiger partial charge in [0.2, 0.25) is 0 Å². The third-order valence-corrected chi connectivity index (χ3v) is 3.68. The summed E-state index contributed by atoms with van der Waals surface area (Å²) in [5, 5.41) is 12.7. The summed E-state index contributed by atoms with van der Waals surface area (Å²) in [6, 6.07) is 0. The third kappa shape index (κ3) is 3.58. The van der Waals surface area contributed by atoms with Crippen LogP contribution in [-0.4, -0.2) is 24.8 Å². The Morgan fingerprint density at radius 3 is 2.57 bits per heavy atom. The lowest BCUT2D eigenvalue weighted by molar-refractivity contribution is 0.134. The van der Waals surface area contributed by atoms with Crippen LogP contribution in [0.5, 0.6) is 0 Å². The molecule has 14 heavy (non-hydrogen) atoms. The van der Waals surface area contributed by atoms with E-state index in [1.807, 2.05) is 0 Å². The van der Waals surface area contributed by atoms with Gasteiger partial charge in [-0.15, -0.1) is 0 Å². The number of aliphatic hydroxyl groups excluding tert-OH is 1. The number of aliphatic hydroxyl groups is 1. The normalized spacial score (nSPS) is 23.1. The SMILES string of the molecule is CCC(C)(CO)CNCC(C)C1CC1. The second-order valence-corrected chi connectivity index (χ2v) is 5.27. The summed E-state index contributed by atoms with van der Waals surface area (Å²) in [6.07, 6.45) is 3.89. The van der Waals surface area contributed by atoms with Gasteiger partial charge in [-0.1, -0.05) is 20.8 Å². The minimum absolute atomic E-state index is 0.0727. The summed E-state index contributed by atoms with van der Waals surface area (Å²) >= 11 is 0. The standard InChI is InChI=1S/C12H25NO/c1-4-12(3,9-14)8-13-7-10(2)11-5-6-11/h10-11,13-14H,4-9H2,1-3H3. The maximum atomic E-state index is 9.23. The van der Waals surface area contributed by atoms with Crippen molar-refractivity contribution in [2.24, 2.45) is 17.3 Å². The average Bonchev–Trinajstić information content (AvgIpc) is 3.00. The Morgan fingerprint density at radius 2 is 2.14 bits per heavy atom. The molecule has 1 rings (SSSR count). The van der Waals surface area contributed by atoms with Gasteiger partial charge >= 0.3 is 0 Å². The summed E-state index contributed by atoms with van der Waals surface area (Å²) in [5.74, 6) is 1.79. The van der Waals surface area contributed by atoms with Crippen molar-refractivity contribution in [3.63, 3.8) is 0 Å². The Balaban J connectivity index is 2.12. The van der Waals surface area contributed by atoms with Crippen LogP contribution < -0.4 is 5.32 Å². The third-order valence-electron chi connectivity index (χ3n) is 3.68. The van der Waals surface area contributed by atoms with Gasteiger partial charge in [0.25, 0.3) is 0 Å². The first-order chi connectivity index (χ1) is 6.61. The molecule has 2 N–H and O–H groups in total. The molecule has 0 radical (unpaired) electrons. The van der Waals surface area contributed by atoms with Crippen LogP contribution in [0.25, 0.3) is 0 Å². The van der Waals surface area contributed by atoms with Gasteiger partial charge in [0.15, 0.2) is 0 Å². The lowest BCUT2D eigenvalue weighted by Crippen LogP contribution is -2.36. The highest BCUT2D eigenvalue weighted by Crippen LogP contribution is 2.36. The zero-order valence-corrected chi connectivity index (χ0v) is 9.84. The summed E-state index contributed by atoms with van der Waals surface area (Å²) in [5.41, 5.74) is 0.0727. The highest BCUT2D eigenvalue weighted by Gasteiger charge is 2.28. The van der Waals surface area contributed by atoms with Crippen LogP contribution in [0.1, 0.15) is 40.0 Å². The number of hydrogen-bond acceptors (Lipinski definition) is 2. The average molecular weight is 199 g/mol. The molecule has 0 aromatic rings. The highest BCUT2D eigenvalue weighted by atomic mass is 16.3. The molecule has 2 heteroatoms. The zero-order chi connectivity index (χ0) is 10.6. The van der Waals surface area contributed by atoms with Gasteiger partial charge < -0.3 is 10.4 Å². The minimum atomic E-state index is 0.0727. The van der Waals surface area contributed by atoms with Gasteiger partial charge in [0.1, 0.15) is 0 Å². The monoisotopic (exact) mass is 199 g/mol. The van der Waals surface area contributed by atoms with Gasteiger partial charge in [-0.2, -0.15) is 0 Å². The van der Waals surface area contributed by atoms with E-state index in [-0.39, 0.29) is 12.0 Å². The summed E-state index contributed by atoms with van der Waals surface area (Å²) in [4.78, 5) is 0. The second kappa shape index (κ2) is 5.13. The number of rotatable bonds is 7. The predicted octanol–water partition coefficient (Wildman–Crippen LogP) is 2.03. The summed E-state index contributed by atoms with van der Waals surface area (Å²) < 4.78 is 0.